The first-order valence-corrected chi connectivity index (χ1v) is 15.0. The Kier molecular flexibility index (Phi) is 9.12. The van der Waals surface area contributed by atoms with Crippen LogP contribution in [0.3, 0.4) is 0 Å². The van der Waals surface area contributed by atoms with Crippen molar-refractivity contribution in [3.63, 3.8) is 0 Å². The molecule has 0 amide bonds. The van der Waals surface area contributed by atoms with Gasteiger partial charge in [-0.15, -0.1) is 22.7 Å². The van der Waals surface area contributed by atoms with Gasteiger partial charge < -0.3 is 24.6 Å². The van der Waals surface area contributed by atoms with E-state index in [0.717, 1.165) is 89.9 Å². The summed E-state index contributed by atoms with van der Waals surface area (Å²) < 4.78 is 12.8. The fourth-order valence-corrected chi connectivity index (χ4v) is 7.26. The summed E-state index contributed by atoms with van der Waals surface area (Å²) in [5.74, 6) is 1.75. The topological polar surface area (TPSA) is 106 Å². The van der Waals surface area contributed by atoms with Gasteiger partial charge in [0.05, 0.1) is 51.7 Å². The Morgan fingerprint density at radius 1 is 0.821 bits per heavy atom. The molecular weight excluding hydrogens is 581 g/mol. The number of aldehydes is 1. The Balaban J connectivity index is 0.000000158. The van der Waals surface area contributed by atoms with Gasteiger partial charge in [-0.3, -0.25) is 4.79 Å². The minimum absolute atomic E-state index is 0.215. The number of morpholine rings is 2. The van der Waals surface area contributed by atoms with Crippen molar-refractivity contribution >= 4 is 84.2 Å². The number of rotatable bonds is 5. The summed E-state index contributed by atoms with van der Waals surface area (Å²) in [4.78, 5) is 34.8. The first-order valence-electron chi connectivity index (χ1n) is 12.6. The second-order valence-corrected chi connectivity index (χ2v) is 11.9. The first kappa shape index (κ1) is 28.3. The van der Waals surface area contributed by atoms with E-state index in [1.807, 2.05) is 14.0 Å². The van der Waals surface area contributed by atoms with Gasteiger partial charge in [0.15, 0.2) is 17.9 Å². The molecule has 2 fully saturated rings. The van der Waals surface area contributed by atoms with Crippen LogP contribution in [-0.2, 0) is 16.0 Å². The molecule has 0 spiro atoms. The molecule has 6 rings (SSSR count). The first-order chi connectivity index (χ1) is 18.9. The molecule has 208 valence electrons. The Morgan fingerprint density at radius 3 is 1.79 bits per heavy atom. The van der Waals surface area contributed by atoms with Gasteiger partial charge in [0.25, 0.3) is 0 Å². The van der Waals surface area contributed by atoms with Crippen molar-refractivity contribution in [2.75, 3.05) is 69.5 Å². The van der Waals surface area contributed by atoms with Gasteiger partial charge in [0, 0.05) is 37.6 Å². The maximum Gasteiger partial charge on any atom is 0.224 e. The van der Waals surface area contributed by atoms with Crippen LogP contribution < -0.4 is 15.1 Å². The molecule has 0 aromatic carbocycles. The number of carbonyl (C=O) groups excluding carboxylic acids is 1. The predicted octanol–water partition coefficient (Wildman–Crippen LogP) is 4.51. The van der Waals surface area contributed by atoms with E-state index in [9.17, 15) is 4.79 Å². The van der Waals surface area contributed by atoms with E-state index in [1.165, 1.54) is 21.8 Å². The quantitative estimate of drug-likeness (QED) is 0.256. The highest BCUT2D eigenvalue weighted by Crippen LogP contribution is 2.37. The van der Waals surface area contributed by atoms with Gasteiger partial charge in [-0.05, 0) is 55.2 Å². The minimum Gasteiger partial charge on any atom is -0.378 e. The summed E-state index contributed by atoms with van der Waals surface area (Å²) in [5, 5.41) is 3.73. The second kappa shape index (κ2) is 12.5. The van der Waals surface area contributed by atoms with Gasteiger partial charge in [-0.2, -0.15) is 9.97 Å². The van der Waals surface area contributed by atoms with Crippen LogP contribution in [0, 0.1) is 13.8 Å². The molecule has 0 aliphatic carbocycles. The number of thiophene rings is 2. The molecule has 2 saturated heterocycles. The molecular formula is C25H29Cl2N7O3S2. The number of fused-ring (bicyclic) bond motifs is 2. The van der Waals surface area contributed by atoms with Crippen LogP contribution in [0.5, 0.6) is 0 Å². The van der Waals surface area contributed by atoms with Crippen LogP contribution in [0.15, 0.2) is 0 Å². The van der Waals surface area contributed by atoms with Crippen LogP contribution in [0.4, 0.5) is 11.6 Å². The van der Waals surface area contributed by atoms with E-state index in [4.69, 9.17) is 32.7 Å². The van der Waals surface area contributed by atoms with Gasteiger partial charge in [-0.25, -0.2) is 9.97 Å². The zero-order valence-corrected chi connectivity index (χ0v) is 25.1. The Hall–Kier alpha value is -2.19. The molecule has 0 atom stereocenters. The number of nitrogens with one attached hydrogen (secondary N) is 1. The molecule has 4 aromatic heterocycles. The molecule has 10 nitrogen and oxygen atoms in total. The van der Waals surface area contributed by atoms with Gasteiger partial charge in [0.1, 0.15) is 0 Å². The van der Waals surface area contributed by atoms with Crippen molar-refractivity contribution in [1.82, 2.24) is 25.3 Å². The molecule has 2 aliphatic heterocycles. The summed E-state index contributed by atoms with van der Waals surface area (Å²) in [7, 11) is 1.95. The van der Waals surface area contributed by atoms with Crippen LogP contribution in [0.1, 0.15) is 25.7 Å². The summed E-state index contributed by atoms with van der Waals surface area (Å²) in [6.07, 6.45) is 0.860. The zero-order chi connectivity index (χ0) is 27.5. The van der Waals surface area contributed by atoms with Crippen LogP contribution in [-0.4, -0.2) is 85.9 Å². The van der Waals surface area contributed by atoms with E-state index in [0.29, 0.717) is 23.4 Å². The lowest BCUT2D eigenvalue weighted by atomic mass is 10.2. The van der Waals surface area contributed by atoms with Crippen molar-refractivity contribution in [2.24, 2.45) is 0 Å². The third kappa shape index (κ3) is 5.97. The molecule has 0 bridgehead atoms. The molecule has 14 heteroatoms. The number of anilines is 2. The van der Waals surface area contributed by atoms with Crippen molar-refractivity contribution in [3.8, 4) is 0 Å². The molecule has 6 heterocycles. The number of ether oxygens (including phenoxy) is 2. The summed E-state index contributed by atoms with van der Waals surface area (Å²) in [6.45, 7) is 10.9. The monoisotopic (exact) mass is 609 g/mol. The molecule has 4 aromatic rings. The van der Waals surface area contributed by atoms with E-state index in [2.05, 4.69) is 42.0 Å². The number of hydrogen-bond acceptors (Lipinski definition) is 12. The number of aryl methyl sites for hydroxylation is 2. The fourth-order valence-electron chi connectivity index (χ4n) is 4.58. The van der Waals surface area contributed by atoms with E-state index < -0.39 is 0 Å². The number of aromatic nitrogens is 4. The van der Waals surface area contributed by atoms with E-state index in [1.54, 1.807) is 11.3 Å². The molecule has 0 unspecified atom stereocenters. The second-order valence-electron chi connectivity index (χ2n) is 9.08. The van der Waals surface area contributed by atoms with Crippen LogP contribution >= 0.6 is 45.9 Å². The molecule has 0 saturated carbocycles. The fraction of sp³-hybridized carbons (Fsp3) is 0.480. The van der Waals surface area contributed by atoms with Crippen LogP contribution in [0.2, 0.25) is 10.6 Å². The predicted molar refractivity (Wildman–Crippen MR) is 159 cm³/mol. The van der Waals surface area contributed by atoms with Gasteiger partial charge in [-0.1, -0.05) is 0 Å². The Morgan fingerprint density at radius 2 is 1.31 bits per heavy atom. The highest BCUT2D eigenvalue weighted by molar-refractivity contribution is 7.21. The lowest BCUT2D eigenvalue weighted by Gasteiger charge is -2.28. The minimum atomic E-state index is 0.215. The highest BCUT2D eigenvalue weighted by atomic mass is 35.5. The maximum absolute atomic E-state index is 11.1. The number of nitrogens with zero attached hydrogens (tertiary/aromatic N) is 6. The normalized spacial score (nSPS) is 16.0. The molecule has 1 N–H and O–H groups in total. The molecule has 0 radical (unpaired) electrons. The zero-order valence-electron chi connectivity index (χ0n) is 21.9. The lowest BCUT2D eigenvalue weighted by Crippen LogP contribution is -2.36. The third-order valence-corrected chi connectivity index (χ3v) is 9.46. The SMILES string of the molecule is CNCc1sc2c(N3CCOCC3)nc(Cl)nc2c1C.Cc1c(C=O)sc2c(N3CCOCC3)nc(Cl)nc12. The van der Waals surface area contributed by atoms with Crippen molar-refractivity contribution in [3.05, 3.63) is 31.4 Å². The van der Waals surface area contributed by atoms with Crippen molar-refractivity contribution < 1.29 is 14.3 Å². The van der Waals surface area contributed by atoms with E-state index in [-0.39, 0.29) is 5.28 Å². The Labute approximate surface area is 244 Å². The molecule has 39 heavy (non-hydrogen) atoms. The largest absolute Gasteiger partial charge is 0.378 e. The van der Waals surface area contributed by atoms with E-state index >= 15 is 0 Å². The summed E-state index contributed by atoms with van der Waals surface area (Å²) >= 11 is 15.3. The van der Waals surface area contributed by atoms with Crippen molar-refractivity contribution in [2.45, 2.75) is 20.4 Å². The standard InChI is InChI=1S/C13H17ClN4OS.C12H12ClN3O2S/c1-8-9(7-15-2)20-11-10(8)16-13(14)17-12(11)18-3-5-19-6-4-18;1-7-8(6-17)19-10-9(7)14-12(13)15-11(10)16-2-4-18-5-3-16/h15H,3-7H2,1-2H3;6H,2-5H2,1H3. The number of carbonyl (C=O) groups is 1. The highest BCUT2D eigenvalue weighted by Gasteiger charge is 2.22. The molecule has 2 aliphatic rings. The Bertz CT molecular complexity index is 1480. The average molecular weight is 611 g/mol. The smallest absolute Gasteiger partial charge is 0.224 e. The average Bonchev–Trinajstić information content (AvgIpc) is 3.45. The number of hydrogen-bond donors (Lipinski definition) is 1. The lowest BCUT2D eigenvalue weighted by molar-refractivity contribution is 0.112. The summed E-state index contributed by atoms with van der Waals surface area (Å²) in [6, 6.07) is 0. The summed E-state index contributed by atoms with van der Waals surface area (Å²) in [5.41, 5.74) is 3.81. The number of halogens is 2. The van der Waals surface area contributed by atoms with Crippen LogP contribution in [0.25, 0.3) is 20.4 Å². The van der Waals surface area contributed by atoms with Gasteiger partial charge >= 0.3 is 0 Å². The maximum atomic E-state index is 11.1. The van der Waals surface area contributed by atoms with Gasteiger partial charge in [0.2, 0.25) is 10.6 Å². The van der Waals surface area contributed by atoms with Crippen molar-refractivity contribution in [1.29, 1.82) is 0 Å². The third-order valence-electron chi connectivity index (χ3n) is 6.64.